The van der Waals surface area contributed by atoms with Gasteiger partial charge in [0.2, 0.25) is 5.91 Å². The molecule has 116 valence electrons. The zero-order valence-electron chi connectivity index (χ0n) is 12.7. The molecule has 0 aromatic carbocycles. The zero-order chi connectivity index (χ0) is 15.1. The molecule has 0 aromatic heterocycles. The van der Waals surface area contributed by atoms with E-state index in [1.807, 2.05) is 18.0 Å². The van der Waals surface area contributed by atoms with Crippen molar-refractivity contribution in [2.45, 2.75) is 25.3 Å². The number of rotatable bonds is 3. The van der Waals surface area contributed by atoms with E-state index in [-0.39, 0.29) is 29.7 Å². The summed E-state index contributed by atoms with van der Waals surface area (Å²) in [6.45, 7) is 2.00. The van der Waals surface area contributed by atoms with E-state index < -0.39 is 11.9 Å². The lowest BCUT2D eigenvalue weighted by Crippen LogP contribution is -2.49. The maximum atomic E-state index is 12.8. The van der Waals surface area contributed by atoms with Crippen molar-refractivity contribution in [1.29, 1.82) is 0 Å². The van der Waals surface area contributed by atoms with Crippen LogP contribution in [0.4, 0.5) is 0 Å². The van der Waals surface area contributed by atoms with Gasteiger partial charge in [-0.15, -0.1) is 0 Å². The molecular weight excluding hydrogens is 268 g/mol. The third-order valence-corrected chi connectivity index (χ3v) is 5.61. The molecular formula is C16H24N2O3. The fraction of sp³-hybridized carbons (Fsp3) is 0.750. The monoisotopic (exact) mass is 292 g/mol. The third kappa shape index (κ3) is 2.48. The topological polar surface area (TPSA) is 60.9 Å². The summed E-state index contributed by atoms with van der Waals surface area (Å²) < 4.78 is 0. The molecule has 0 spiro atoms. The largest absolute Gasteiger partial charge is 0.481 e. The molecule has 2 bridgehead atoms. The molecule has 5 nitrogen and oxygen atoms in total. The second kappa shape index (κ2) is 5.44. The van der Waals surface area contributed by atoms with Crippen LogP contribution < -0.4 is 0 Å². The van der Waals surface area contributed by atoms with Crippen molar-refractivity contribution in [2.75, 3.05) is 27.2 Å². The molecule has 5 heteroatoms. The Hall–Kier alpha value is -1.36. The molecule has 1 saturated carbocycles. The Labute approximate surface area is 125 Å². The molecule has 1 aliphatic heterocycles. The van der Waals surface area contributed by atoms with Crippen LogP contribution in [0, 0.1) is 23.7 Å². The highest BCUT2D eigenvalue weighted by atomic mass is 16.4. The SMILES string of the molecule is CN1CCC(N(C)C(=O)C2C3C=CC(C3)C2C(=O)O)CC1. The van der Waals surface area contributed by atoms with Gasteiger partial charge in [0.25, 0.3) is 0 Å². The normalized spacial score (nSPS) is 36.1. The number of likely N-dealkylation sites (tertiary alicyclic amines) is 1. The molecule has 4 atom stereocenters. The zero-order valence-corrected chi connectivity index (χ0v) is 12.7. The van der Waals surface area contributed by atoms with Crippen LogP contribution in [-0.4, -0.2) is 60.0 Å². The fourth-order valence-corrected chi connectivity index (χ4v) is 4.29. The average molecular weight is 292 g/mol. The minimum absolute atomic E-state index is 0.0359. The molecule has 2 aliphatic carbocycles. The number of carboxylic acids is 1. The van der Waals surface area contributed by atoms with Crippen molar-refractivity contribution in [3.8, 4) is 0 Å². The Balaban J connectivity index is 1.72. The molecule has 4 unspecified atom stereocenters. The summed E-state index contributed by atoms with van der Waals surface area (Å²) in [6, 6.07) is 0.256. The van der Waals surface area contributed by atoms with E-state index in [1.165, 1.54) is 0 Å². The van der Waals surface area contributed by atoms with Crippen molar-refractivity contribution in [2.24, 2.45) is 23.7 Å². The summed E-state index contributed by atoms with van der Waals surface area (Å²) >= 11 is 0. The molecule has 1 N–H and O–H groups in total. The Kier molecular flexibility index (Phi) is 3.78. The van der Waals surface area contributed by atoms with E-state index >= 15 is 0 Å². The highest BCUT2D eigenvalue weighted by Gasteiger charge is 2.52. The van der Waals surface area contributed by atoms with Crippen LogP contribution in [0.5, 0.6) is 0 Å². The Morgan fingerprint density at radius 2 is 1.71 bits per heavy atom. The highest BCUT2D eigenvalue weighted by molar-refractivity contribution is 5.87. The standard InChI is InChI=1S/C16H24N2O3/c1-17-7-5-12(6-8-17)18(2)15(19)13-10-3-4-11(9-10)14(13)16(20)21/h3-4,10-14H,5-9H2,1-2H3,(H,20,21). The minimum Gasteiger partial charge on any atom is -0.481 e. The summed E-state index contributed by atoms with van der Waals surface area (Å²) in [5.74, 6) is -1.50. The van der Waals surface area contributed by atoms with Crippen LogP contribution in [0.15, 0.2) is 12.2 Å². The highest BCUT2D eigenvalue weighted by Crippen LogP contribution is 2.48. The van der Waals surface area contributed by atoms with Gasteiger partial charge in [-0.1, -0.05) is 12.2 Å². The molecule has 21 heavy (non-hydrogen) atoms. The molecule has 1 heterocycles. The first kappa shape index (κ1) is 14.6. The van der Waals surface area contributed by atoms with Gasteiger partial charge < -0.3 is 14.9 Å². The smallest absolute Gasteiger partial charge is 0.307 e. The number of fused-ring (bicyclic) bond motifs is 2. The summed E-state index contributed by atoms with van der Waals surface area (Å²) in [6.07, 6.45) is 6.83. The van der Waals surface area contributed by atoms with Gasteiger partial charge in [-0.3, -0.25) is 9.59 Å². The van der Waals surface area contributed by atoms with Crippen molar-refractivity contribution in [3.63, 3.8) is 0 Å². The van der Waals surface area contributed by atoms with E-state index in [2.05, 4.69) is 18.0 Å². The lowest BCUT2D eigenvalue weighted by atomic mass is 9.81. The first-order valence-electron chi connectivity index (χ1n) is 7.85. The predicted octanol–water partition coefficient (Wildman–Crippen LogP) is 1.06. The van der Waals surface area contributed by atoms with Gasteiger partial charge in [0.05, 0.1) is 11.8 Å². The second-order valence-electron chi connectivity index (χ2n) is 6.82. The number of carbonyl (C=O) groups excluding carboxylic acids is 1. The lowest BCUT2D eigenvalue weighted by Gasteiger charge is -2.38. The van der Waals surface area contributed by atoms with E-state index in [9.17, 15) is 14.7 Å². The van der Waals surface area contributed by atoms with E-state index in [4.69, 9.17) is 0 Å². The van der Waals surface area contributed by atoms with Crippen LogP contribution in [-0.2, 0) is 9.59 Å². The van der Waals surface area contributed by atoms with Crippen molar-refractivity contribution in [3.05, 3.63) is 12.2 Å². The van der Waals surface area contributed by atoms with Gasteiger partial charge >= 0.3 is 5.97 Å². The van der Waals surface area contributed by atoms with Gasteiger partial charge in [0.15, 0.2) is 0 Å². The van der Waals surface area contributed by atoms with Crippen LogP contribution in [0.25, 0.3) is 0 Å². The van der Waals surface area contributed by atoms with Crippen LogP contribution in [0.3, 0.4) is 0 Å². The van der Waals surface area contributed by atoms with Gasteiger partial charge in [-0.05, 0) is 51.2 Å². The number of piperidine rings is 1. The van der Waals surface area contributed by atoms with E-state index in [0.29, 0.717) is 0 Å². The molecule has 3 rings (SSSR count). The fourth-order valence-electron chi connectivity index (χ4n) is 4.29. The number of hydrogen-bond donors (Lipinski definition) is 1. The van der Waals surface area contributed by atoms with Crippen molar-refractivity contribution >= 4 is 11.9 Å². The third-order valence-electron chi connectivity index (χ3n) is 5.61. The van der Waals surface area contributed by atoms with Gasteiger partial charge in [-0.25, -0.2) is 0 Å². The molecule has 2 fully saturated rings. The van der Waals surface area contributed by atoms with E-state index in [1.54, 1.807) is 0 Å². The molecule has 1 saturated heterocycles. The van der Waals surface area contributed by atoms with Crippen LogP contribution in [0.2, 0.25) is 0 Å². The lowest BCUT2D eigenvalue weighted by molar-refractivity contribution is -0.151. The molecule has 0 aromatic rings. The number of amides is 1. The molecule has 0 radical (unpaired) electrons. The second-order valence-corrected chi connectivity index (χ2v) is 6.82. The first-order chi connectivity index (χ1) is 9.99. The minimum atomic E-state index is -0.818. The number of hydrogen-bond acceptors (Lipinski definition) is 3. The summed E-state index contributed by atoms with van der Waals surface area (Å²) in [7, 11) is 3.95. The average Bonchev–Trinajstić information content (AvgIpc) is 3.07. The number of aliphatic carboxylic acids is 1. The summed E-state index contributed by atoms with van der Waals surface area (Å²) in [5.41, 5.74) is 0. The van der Waals surface area contributed by atoms with Gasteiger partial charge in [-0.2, -0.15) is 0 Å². The summed E-state index contributed by atoms with van der Waals surface area (Å²) in [4.78, 5) is 28.5. The van der Waals surface area contributed by atoms with Crippen molar-refractivity contribution < 1.29 is 14.7 Å². The summed E-state index contributed by atoms with van der Waals surface area (Å²) in [5, 5.41) is 9.47. The number of nitrogens with zero attached hydrogens (tertiary/aromatic N) is 2. The molecule has 3 aliphatic rings. The number of allylic oxidation sites excluding steroid dienone is 2. The van der Waals surface area contributed by atoms with Crippen LogP contribution in [0.1, 0.15) is 19.3 Å². The van der Waals surface area contributed by atoms with Gasteiger partial charge in [0, 0.05) is 13.1 Å². The van der Waals surface area contributed by atoms with Crippen LogP contribution >= 0.6 is 0 Å². The first-order valence-corrected chi connectivity index (χ1v) is 7.85. The Morgan fingerprint density at radius 3 is 2.29 bits per heavy atom. The predicted molar refractivity (Wildman–Crippen MR) is 78.6 cm³/mol. The van der Waals surface area contributed by atoms with Gasteiger partial charge in [0.1, 0.15) is 0 Å². The molecule has 1 amide bonds. The van der Waals surface area contributed by atoms with E-state index in [0.717, 1.165) is 32.4 Å². The Bertz CT molecular complexity index is 468. The maximum absolute atomic E-state index is 12.8. The number of carbonyl (C=O) groups is 2. The maximum Gasteiger partial charge on any atom is 0.307 e. The quantitative estimate of drug-likeness (QED) is 0.790. The van der Waals surface area contributed by atoms with Crippen molar-refractivity contribution in [1.82, 2.24) is 9.80 Å². The number of carboxylic acid groups (broad SMARTS) is 1. The Morgan fingerprint density at radius 1 is 1.14 bits per heavy atom.